The average molecular weight is 458 g/mol. The lowest BCUT2D eigenvalue weighted by atomic mass is 9.94. The van der Waals surface area contributed by atoms with Gasteiger partial charge in [0.25, 0.3) is 5.89 Å². The Kier molecular flexibility index (Phi) is 7.15. The molecule has 0 amide bonds. The Morgan fingerprint density at radius 3 is 2.50 bits per heavy atom. The first kappa shape index (κ1) is 23.4. The zero-order chi connectivity index (χ0) is 24.1. The normalized spacial score (nSPS) is 12.0. The highest BCUT2D eigenvalue weighted by molar-refractivity contribution is 5.74. The standard InChI is InChI=1S/C27H27N3O4/c1-17-6-4-5-7-23(17)24-13-12-21(14-22(24)16-33-3)26-29-25(30-34-26)20-10-8-19(9-11-20)15-28-18(2)27(31)32/h4-14,18,28H,15-16H2,1-3H3,(H,31,32). The molecule has 0 spiro atoms. The van der Waals surface area contributed by atoms with Gasteiger partial charge in [-0.05, 0) is 53.8 Å². The smallest absolute Gasteiger partial charge is 0.320 e. The van der Waals surface area contributed by atoms with Crippen molar-refractivity contribution >= 4 is 5.97 Å². The largest absolute Gasteiger partial charge is 0.480 e. The lowest BCUT2D eigenvalue weighted by Crippen LogP contribution is -2.33. The molecule has 7 nitrogen and oxygen atoms in total. The second-order valence-corrected chi connectivity index (χ2v) is 8.18. The van der Waals surface area contributed by atoms with E-state index in [1.807, 2.05) is 48.5 Å². The summed E-state index contributed by atoms with van der Waals surface area (Å²) in [5, 5.41) is 16.1. The third-order valence-electron chi connectivity index (χ3n) is 5.71. The maximum Gasteiger partial charge on any atom is 0.320 e. The first-order chi connectivity index (χ1) is 16.5. The van der Waals surface area contributed by atoms with Gasteiger partial charge in [-0.1, -0.05) is 59.8 Å². The molecule has 4 aromatic rings. The van der Waals surface area contributed by atoms with Crippen LogP contribution < -0.4 is 5.32 Å². The van der Waals surface area contributed by atoms with Crippen molar-refractivity contribution in [3.05, 3.63) is 83.4 Å². The summed E-state index contributed by atoms with van der Waals surface area (Å²) >= 11 is 0. The molecule has 1 aromatic heterocycles. The summed E-state index contributed by atoms with van der Waals surface area (Å²) < 4.78 is 11.0. The van der Waals surface area contributed by atoms with E-state index in [0.29, 0.717) is 24.9 Å². The number of nitrogens with one attached hydrogen (secondary N) is 1. The molecule has 1 unspecified atom stereocenters. The van der Waals surface area contributed by atoms with Gasteiger partial charge in [0.1, 0.15) is 6.04 Å². The van der Waals surface area contributed by atoms with Gasteiger partial charge in [-0.15, -0.1) is 0 Å². The molecule has 0 saturated carbocycles. The van der Waals surface area contributed by atoms with Crippen molar-refractivity contribution in [2.75, 3.05) is 7.11 Å². The van der Waals surface area contributed by atoms with Gasteiger partial charge in [0.05, 0.1) is 6.61 Å². The van der Waals surface area contributed by atoms with Gasteiger partial charge in [-0.3, -0.25) is 4.79 Å². The molecule has 0 radical (unpaired) electrons. The van der Waals surface area contributed by atoms with Crippen molar-refractivity contribution in [3.8, 4) is 34.0 Å². The van der Waals surface area contributed by atoms with Gasteiger partial charge in [-0.25, -0.2) is 0 Å². The van der Waals surface area contributed by atoms with Crippen LogP contribution in [0.5, 0.6) is 0 Å². The molecule has 174 valence electrons. The first-order valence-corrected chi connectivity index (χ1v) is 11.0. The van der Waals surface area contributed by atoms with E-state index in [1.165, 1.54) is 11.1 Å². The highest BCUT2D eigenvalue weighted by atomic mass is 16.5. The van der Waals surface area contributed by atoms with Gasteiger partial charge >= 0.3 is 5.97 Å². The summed E-state index contributed by atoms with van der Waals surface area (Å²) in [6.45, 7) is 4.64. The third kappa shape index (κ3) is 5.22. The van der Waals surface area contributed by atoms with Gasteiger partial charge in [-0.2, -0.15) is 4.98 Å². The molecule has 1 atom stereocenters. The van der Waals surface area contributed by atoms with Crippen LogP contribution in [0, 0.1) is 6.92 Å². The number of benzene rings is 3. The summed E-state index contributed by atoms with van der Waals surface area (Å²) in [7, 11) is 1.68. The topological polar surface area (TPSA) is 97.5 Å². The number of aliphatic carboxylic acids is 1. The van der Waals surface area contributed by atoms with Crippen molar-refractivity contribution in [1.29, 1.82) is 0 Å². The zero-order valence-electron chi connectivity index (χ0n) is 19.4. The molecule has 7 heteroatoms. The van der Waals surface area contributed by atoms with Gasteiger partial charge in [0.2, 0.25) is 5.82 Å². The van der Waals surface area contributed by atoms with Crippen LogP contribution in [0.3, 0.4) is 0 Å². The summed E-state index contributed by atoms with van der Waals surface area (Å²) in [4.78, 5) is 15.5. The van der Waals surface area contributed by atoms with E-state index in [1.54, 1.807) is 14.0 Å². The quantitative estimate of drug-likeness (QED) is 0.361. The van der Waals surface area contributed by atoms with Crippen molar-refractivity contribution in [1.82, 2.24) is 15.5 Å². The van der Waals surface area contributed by atoms with Crippen LogP contribution in [-0.2, 0) is 22.7 Å². The fourth-order valence-corrected chi connectivity index (χ4v) is 3.73. The fraction of sp³-hybridized carbons (Fsp3) is 0.222. The van der Waals surface area contributed by atoms with Crippen LogP contribution in [0.2, 0.25) is 0 Å². The number of carboxylic acid groups (broad SMARTS) is 1. The van der Waals surface area contributed by atoms with E-state index in [-0.39, 0.29) is 0 Å². The highest BCUT2D eigenvalue weighted by Gasteiger charge is 2.15. The Balaban J connectivity index is 1.55. The molecule has 0 aliphatic heterocycles. The summed E-state index contributed by atoms with van der Waals surface area (Å²) in [5.41, 5.74) is 7.14. The number of hydrogen-bond donors (Lipinski definition) is 2. The van der Waals surface area contributed by atoms with Crippen LogP contribution >= 0.6 is 0 Å². The predicted octanol–water partition coefficient (Wildman–Crippen LogP) is 5.09. The van der Waals surface area contributed by atoms with Gasteiger partial charge in [0, 0.05) is 24.8 Å². The maximum absolute atomic E-state index is 10.9. The third-order valence-corrected chi connectivity index (χ3v) is 5.71. The Labute approximate surface area is 198 Å². The van der Waals surface area contributed by atoms with E-state index in [0.717, 1.165) is 27.8 Å². The van der Waals surface area contributed by atoms with E-state index in [4.69, 9.17) is 14.4 Å². The number of rotatable bonds is 9. The van der Waals surface area contributed by atoms with Gasteiger partial charge in [0.15, 0.2) is 0 Å². The van der Waals surface area contributed by atoms with Crippen LogP contribution in [0.15, 0.2) is 71.3 Å². The SMILES string of the molecule is COCc1cc(-c2nc(-c3ccc(CNC(C)C(=O)O)cc3)no2)ccc1-c1ccccc1C. The second-order valence-electron chi connectivity index (χ2n) is 8.18. The van der Waals surface area contributed by atoms with Crippen LogP contribution in [0.4, 0.5) is 0 Å². The average Bonchev–Trinajstić information content (AvgIpc) is 3.34. The maximum atomic E-state index is 10.9. The van der Waals surface area contributed by atoms with Crippen LogP contribution in [0.1, 0.15) is 23.6 Å². The minimum atomic E-state index is -0.878. The molecular formula is C27H27N3O4. The lowest BCUT2D eigenvalue weighted by molar-refractivity contribution is -0.139. The number of nitrogens with zero attached hydrogens (tertiary/aromatic N) is 2. The number of carboxylic acids is 1. The minimum absolute atomic E-state index is 0.435. The fourth-order valence-electron chi connectivity index (χ4n) is 3.73. The van der Waals surface area contributed by atoms with Crippen molar-refractivity contribution in [2.45, 2.75) is 33.0 Å². The molecule has 1 heterocycles. The molecule has 0 bridgehead atoms. The molecular weight excluding hydrogens is 430 g/mol. The van der Waals surface area contributed by atoms with E-state index in [9.17, 15) is 4.79 Å². The molecule has 0 aliphatic carbocycles. The molecule has 0 fully saturated rings. The Bertz CT molecular complexity index is 1280. The highest BCUT2D eigenvalue weighted by Crippen LogP contribution is 2.31. The predicted molar refractivity (Wildman–Crippen MR) is 130 cm³/mol. The van der Waals surface area contributed by atoms with Gasteiger partial charge < -0.3 is 19.7 Å². The van der Waals surface area contributed by atoms with Crippen molar-refractivity contribution < 1.29 is 19.2 Å². The monoisotopic (exact) mass is 457 g/mol. The number of aromatic nitrogens is 2. The molecule has 0 saturated heterocycles. The molecule has 34 heavy (non-hydrogen) atoms. The molecule has 4 rings (SSSR count). The number of ether oxygens (including phenoxy) is 1. The van der Waals surface area contributed by atoms with E-state index in [2.05, 4.69) is 40.6 Å². The van der Waals surface area contributed by atoms with E-state index < -0.39 is 12.0 Å². The minimum Gasteiger partial charge on any atom is -0.480 e. The van der Waals surface area contributed by atoms with Crippen LogP contribution in [-0.4, -0.2) is 34.4 Å². The van der Waals surface area contributed by atoms with E-state index >= 15 is 0 Å². The Hall–Kier alpha value is -3.81. The number of methoxy groups -OCH3 is 1. The van der Waals surface area contributed by atoms with Crippen molar-refractivity contribution in [3.63, 3.8) is 0 Å². The summed E-state index contributed by atoms with van der Waals surface area (Å²) in [5.74, 6) is 0.0472. The summed E-state index contributed by atoms with van der Waals surface area (Å²) in [6, 6.07) is 21.4. The lowest BCUT2D eigenvalue weighted by Gasteiger charge is -2.12. The Morgan fingerprint density at radius 1 is 1.06 bits per heavy atom. The number of aryl methyl sites for hydroxylation is 1. The second kappa shape index (κ2) is 10.4. The number of hydrogen-bond acceptors (Lipinski definition) is 6. The molecule has 3 aromatic carbocycles. The Morgan fingerprint density at radius 2 is 1.79 bits per heavy atom. The summed E-state index contributed by atoms with van der Waals surface area (Å²) in [6.07, 6.45) is 0. The number of carbonyl (C=O) groups is 1. The molecule has 0 aliphatic rings. The molecule has 2 N–H and O–H groups in total. The van der Waals surface area contributed by atoms with Crippen LogP contribution in [0.25, 0.3) is 34.0 Å². The van der Waals surface area contributed by atoms with Crippen molar-refractivity contribution in [2.24, 2.45) is 0 Å². The first-order valence-electron chi connectivity index (χ1n) is 11.0. The zero-order valence-corrected chi connectivity index (χ0v) is 19.4.